The summed E-state index contributed by atoms with van der Waals surface area (Å²) in [6.07, 6.45) is 0.815. The fourth-order valence-corrected chi connectivity index (χ4v) is 2.91. The van der Waals surface area contributed by atoms with E-state index >= 15 is 0 Å². The summed E-state index contributed by atoms with van der Waals surface area (Å²) in [5.74, 6) is -0.167. The van der Waals surface area contributed by atoms with E-state index in [0.717, 1.165) is 10.5 Å². The number of hydrogen-bond donors (Lipinski definition) is 1. The smallest absolute Gasteiger partial charge is 0.261 e. The van der Waals surface area contributed by atoms with Gasteiger partial charge in [-0.15, -0.1) is 0 Å². The van der Waals surface area contributed by atoms with Crippen LogP contribution in [0.1, 0.15) is 39.1 Å². The number of anilines is 1. The van der Waals surface area contributed by atoms with Crippen LogP contribution in [-0.2, 0) is 4.79 Å². The molecule has 2 aromatic rings. The van der Waals surface area contributed by atoms with Crippen LogP contribution in [0, 0.1) is 6.92 Å². The minimum absolute atomic E-state index is 0.184. The van der Waals surface area contributed by atoms with Crippen LogP contribution in [0.5, 0.6) is 5.75 Å². The summed E-state index contributed by atoms with van der Waals surface area (Å²) >= 11 is 5.97. The third-order valence-electron chi connectivity index (χ3n) is 4.32. The number of halogens is 1. The average Bonchev–Trinajstić information content (AvgIpc) is 2.86. The maximum Gasteiger partial charge on any atom is 0.261 e. The van der Waals surface area contributed by atoms with Gasteiger partial charge in [0.25, 0.3) is 11.8 Å². The van der Waals surface area contributed by atoms with Crippen molar-refractivity contribution in [1.82, 2.24) is 4.90 Å². The van der Waals surface area contributed by atoms with E-state index in [1.165, 1.54) is 13.1 Å². The van der Waals surface area contributed by atoms with Crippen LogP contribution in [0.3, 0.4) is 0 Å². The zero-order chi connectivity index (χ0) is 19.6. The van der Waals surface area contributed by atoms with Gasteiger partial charge in [-0.05, 0) is 55.3 Å². The molecule has 27 heavy (non-hydrogen) atoms. The Morgan fingerprint density at radius 2 is 1.85 bits per heavy atom. The summed E-state index contributed by atoms with van der Waals surface area (Å²) in [5, 5.41) is 3.43. The molecule has 0 saturated carbocycles. The molecule has 1 aliphatic rings. The Bertz CT molecular complexity index is 926. The molecule has 0 unspecified atom stereocenters. The van der Waals surface area contributed by atoms with Gasteiger partial charge >= 0.3 is 0 Å². The number of amides is 3. The number of hydrogen-bond acceptors (Lipinski definition) is 4. The number of ether oxygens (including phenoxy) is 1. The van der Waals surface area contributed by atoms with Gasteiger partial charge in [0, 0.05) is 24.2 Å². The first kappa shape index (κ1) is 18.9. The fraction of sp³-hybridized carbons (Fsp3) is 0.250. The van der Waals surface area contributed by atoms with Crippen molar-refractivity contribution in [2.75, 3.05) is 19.0 Å². The predicted molar refractivity (Wildman–Crippen MR) is 102 cm³/mol. The molecule has 1 heterocycles. The topological polar surface area (TPSA) is 75.7 Å². The molecule has 0 bridgehead atoms. The van der Waals surface area contributed by atoms with Gasteiger partial charge < -0.3 is 10.1 Å². The van der Waals surface area contributed by atoms with Gasteiger partial charge in [0.05, 0.1) is 17.7 Å². The monoisotopic (exact) mass is 386 g/mol. The number of fused-ring (bicyclic) bond motifs is 1. The van der Waals surface area contributed by atoms with E-state index in [1.54, 1.807) is 24.3 Å². The van der Waals surface area contributed by atoms with Gasteiger partial charge in [0.2, 0.25) is 5.91 Å². The van der Waals surface area contributed by atoms with Crippen molar-refractivity contribution in [2.45, 2.75) is 19.8 Å². The highest BCUT2D eigenvalue weighted by molar-refractivity contribution is 6.31. The van der Waals surface area contributed by atoms with Gasteiger partial charge in [-0.1, -0.05) is 11.6 Å². The fourth-order valence-electron chi connectivity index (χ4n) is 2.79. The van der Waals surface area contributed by atoms with Crippen molar-refractivity contribution in [3.63, 3.8) is 0 Å². The van der Waals surface area contributed by atoms with Crippen LogP contribution in [0.2, 0.25) is 5.02 Å². The molecule has 7 heteroatoms. The van der Waals surface area contributed by atoms with Crippen molar-refractivity contribution >= 4 is 35.0 Å². The number of rotatable bonds is 6. The Balaban J connectivity index is 1.49. The van der Waals surface area contributed by atoms with Crippen LogP contribution in [0.25, 0.3) is 0 Å². The lowest BCUT2D eigenvalue weighted by molar-refractivity contribution is -0.116. The number of benzene rings is 2. The SMILES string of the molecule is Cc1cc(OCCCC(=O)Nc2ccc3c(c2)C(=O)N(C)C3=O)ccc1Cl. The summed E-state index contributed by atoms with van der Waals surface area (Å²) in [7, 11) is 1.44. The van der Waals surface area contributed by atoms with E-state index in [2.05, 4.69) is 5.32 Å². The molecular formula is C20H19ClN2O4. The lowest BCUT2D eigenvalue weighted by atomic mass is 10.1. The Hall–Kier alpha value is -2.86. The van der Waals surface area contributed by atoms with E-state index in [-0.39, 0.29) is 24.1 Å². The largest absolute Gasteiger partial charge is 0.494 e. The van der Waals surface area contributed by atoms with Crippen molar-refractivity contribution < 1.29 is 19.1 Å². The summed E-state index contributed by atoms with van der Waals surface area (Å²) in [5.41, 5.74) is 2.08. The summed E-state index contributed by atoms with van der Waals surface area (Å²) in [6, 6.07) is 10.1. The minimum Gasteiger partial charge on any atom is -0.494 e. The molecule has 0 fully saturated rings. The molecule has 6 nitrogen and oxygen atoms in total. The third kappa shape index (κ3) is 4.11. The molecule has 2 aromatic carbocycles. The third-order valence-corrected chi connectivity index (χ3v) is 4.74. The van der Waals surface area contributed by atoms with Crippen LogP contribution in [0.15, 0.2) is 36.4 Å². The maximum atomic E-state index is 12.1. The van der Waals surface area contributed by atoms with Gasteiger partial charge in [-0.3, -0.25) is 19.3 Å². The lowest BCUT2D eigenvalue weighted by Crippen LogP contribution is -2.24. The number of aryl methyl sites for hydroxylation is 1. The maximum absolute atomic E-state index is 12.1. The van der Waals surface area contributed by atoms with Gasteiger partial charge in [0.1, 0.15) is 5.75 Å². The first-order valence-corrected chi connectivity index (χ1v) is 8.90. The summed E-state index contributed by atoms with van der Waals surface area (Å²) in [6.45, 7) is 2.30. The average molecular weight is 387 g/mol. The second-order valence-corrected chi connectivity index (χ2v) is 6.75. The molecule has 140 valence electrons. The first-order valence-electron chi connectivity index (χ1n) is 8.52. The summed E-state index contributed by atoms with van der Waals surface area (Å²) < 4.78 is 5.61. The molecule has 0 spiro atoms. The molecule has 0 saturated heterocycles. The van der Waals surface area contributed by atoms with Gasteiger partial charge in [0.15, 0.2) is 0 Å². The van der Waals surface area contributed by atoms with E-state index in [4.69, 9.17) is 16.3 Å². The molecule has 0 aromatic heterocycles. The van der Waals surface area contributed by atoms with Gasteiger partial charge in [-0.2, -0.15) is 0 Å². The second kappa shape index (κ2) is 7.80. The van der Waals surface area contributed by atoms with Crippen molar-refractivity contribution in [3.8, 4) is 5.75 Å². The molecule has 3 amide bonds. The van der Waals surface area contributed by atoms with Crippen molar-refractivity contribution in [2.24, 2.45) is 0 Å². The zero-order valence-electron chi connectivity index (χ0n) is 15.0. The second-order valence-electron chi connectivity index (χ2n) is 6.34. The molecule has 1 aliphatic heterocycles. The van der Waals surface area contributed by atoms with Gasteiger partial charge in [-0.25, -0.2) is 0 Å². The first-order chi connectivity index (χ1) is 12.9. The highest BCUT2D eigenvalue weighted by atomic mass is 35.5. The quantitative estimate of drug-likeness (QED) is 0.607. The number of carbonyl (C=O) groups excluding carboxylic acids is 3. The number of carbonyl (C=O) groups is 3. The van der Waals surface area contributed by atoms with Crippen LogP contribution in [-0.4, -0.2) is 36.3 Å². The van der Waals surface area contributed by atoms with E-state index in [1.807, 2.05) is 13.0 Å². The Kier molecular flexibility index (Phi) is 5.46. The predicted octanol–water partition coefficient (Wildman–Crippen LogP) is 3.67. The number of imide groups is 1. The number of nitrogens with zero attached hydrogens (tertiary/aromatic N) is 1. The van der Waals surface area contributed by atoms with E-state index in [0.29, 0.717) is 40.6 Å². The number of nitrogens with one attached hydrogen (secondary N) is 1. The molecule has 0 radical (unpaired) electrons. The Morgan fingerprint density at radius 1 is 1.11 bits per heavy atom. The van der Waals surface area contributed by atoms with E-state index in [9.17, 15) is 14.4 Å². The Labute approximate surface area is 162 Å². The molecule has 3 rings (SSSR count). The summed E-state index contributed by atoms with van der Waals surface area (Å²) in [4.78, 5) is 37.0. The van der Waals surface area contributed by atoms with Crippen LogP contribution < -0.4 is 10.1 Å². The molecule has 0 aliphatic carbocycles. The van der Waals surface area contributed by atoms with Crippen LogP contribution >= 0.6 is 11.6 Å². The highest BCUT2D eigenvalue weighted by Gasteiger charge is 2.32. The minimum atomic E-state index is -0.363. The van der Waals surface area contributed by atoms with Crippen molar-refractivity contribution in [1.29, 1.82) is 0 Å². The van der Waals surface area contributed by atoms with E-state index < -0.39 is 0 Å². The standard InChI is InChI=1S/C20H19ClN2O4/c1-12-10-14(6-8-17(12)21)27-9-3-4-18(24)22-13-5-7-15-16(11-13)20(26)23(2)19(15)25/h5-8,10-11H,3-4,9H2,1-2H3,(H,22,24). The zero-order valence-corrected chi connectivity index (χ0v) is 15.8. The lowest BCUT2D eigenvalue weighted by Gasteiger charge is -2.09. The highest BCUT2D eigenvalue weighted by Crippen LogP contribution is 2.25. The molecule has 0 atom stereocenters. The normalized spacial score (nSPS) is 12.9. The molecule has 1 N–H and O–H groups in total. The molecular weight excluding hydrogens is 368 g/mol. The Morgan fingerprint density at radius 3 is 2.59 bits per heavy atom. The van der Waals surface area contributed by atoms with Crippen molar-refractivity contribution in [3.05, 3.63) is 58.1 Å². The van der Waals surface area contributed by atoms with Crippen LogP contribution in [0.4, 0.5) is 5.69 Å².